The summed E-state index contributed by atoms with van der Waals surface area (Å²) < 4.78 is 11.1. The van der Waals surface area contributed by atoms with Crippen molar-refractivity contribution in [2.75, 3.05) is 26.7 Å². The van der Waals surface area contributed by atoms with Gasteiger partial charge in [-0.3, -0.25) is 4.79 Å². The summed E-state index contributed by atoms with van der Waals surface area (Å²) in [5, 5.41) is 0. The first-order chi connectivity index (χ1) is 13.7. The fraction of sp³-hybridized carbons (Fsp3) is 0.857. The summed E-state index contributed by atoms with van der Waals surface area (Å²) in [6.45, 7) is 5.39. The molecule has 8 heteroatoms. The van der Waals surface area contributed by atoms with Crippen molar-refractivity contribution in [3.8, 4) is 0 Å². The molecule has 2 atom stereocenters. The minimum Gasteiger partial charge on any atom is -0.447 e. The van der Waals surface area contributed by atoms with E-state index in [1.54, 1.807) is 16.8 Å². The maximum absolute atomic E-state index is 12.6. The average molecular weight is 408 g/mol. The number of rotatable bonds is 5. The second-order valence-corrected chi connectivity index (χ2v) is 10.0. The monoisotopic (exact) mass is 407 g/mol. The van der Waals surface area contributed by atoms with E-state index in [0.717, 1.165) is 32.1 Å². The molecule has 162 valence electrons. The molecular formula is C21H33N3O5. The predicted molar refractivity (Wildman–Crippen MR) is 105 cm³/mol. The van der Waals surface area contributed by atoms with Crippen LogP contribution in [0.4, 0.5) is 9.59 Å². The van der Waals surface area contributed by atoms with Gasteiger partial charge >= 0.3 is 12.2 Å². The Kier molecular flexibility index (Phi) is 5.15. The molecule has 0 aromatic carbocycles. The van der Waals surface area contributed by atoms with Gasteiger partial charge in [-0.2, -0.15) is 0 Å². The largest absolute Gasteiger partial charge is 0.447 e. The number of carbonyl (C=O) groups is 3. The van der Waals surface area contributed by atoms with E-state index in [1.165, 1.54) is 0 Å². The molecule has 29 heavy (non-hydrogen) atoms. The van der Waals surface area contributed by atoms with Gasteiger partial charge in [0.15, 0.2) is 0 Å². The summed E-state index contributed by atoms with van der Waals surface area (Å²) in [7, 11) is 1.72. The summed E-state index contributed by atoms with van der Waals surface area (Å²) in [4.78, 5) is 39.9. The first-order valence-electron chi connectivity index (χ1n) is 10.8. The molecule has 5 rings (SSSR count). The molecule has 5 fully saturated rings. The number of hydrogen-bond acceptors (Lipinski definition) is 5. The Labute approximate surface area is 172 Å². The van der Waals surface area contributed by atoms with Gasteiger partial charge in [0.1, 0.15) is 6.10 Å². The van der Waals surface area contributed by atoms with E-state index in [-0.39, 0.29) is 53.5 Å². The first kappa shape index (κ1) is 20.3. The Bertz CT molecular complexity index is 674. The molecule has 4 bridgehead atoms. The standard InChI is InChI=1S/C21H33N3O5/c1-12(2)28-19(26)23(3)9-14-10-24(11-14)20(27)29-17-15-4-13-5-16(17)8-21(6-13,7-15)18(22)25/h12-17H,4-11H2,1-3H3,(H2,22,25). The number of nitrogens with zero attached hydrogens (tertiary/aromatic N) is 2. The van der Waals surface area contributed by atoms with Crippen LogP contribution in [0.15, 0.2) is 0 Å². The molecule has 2 unspecified atom stereocenters. The summed E-state index contributed by atoms with van der Waals surface area (Å²) in [6.07, 6.45) is 3.68. The smallest absolute Gasteiger partial charge is 0.410 e. The number of carbonyl (C=O) groups excluding carboxylic acids is 3. The van der Waals surface area contributed by atoms with Crippen LogP contribution in [0.3, 0.4) is 0 Å². The highest BCUT2D eigenvalue weighted by atomic mass is 16.6. The van der Waals surface area contributed by atoms with Crippen molar-refractivity contribution in [1.29, 1.82) is 0 Å². The van der Waals surface area contributed by atoms with Crippen molar-refractivity contribution >= 4 is 18.1 Å². The van der Waals surface area contributed by atoms with Crippen LogP contribution in [0.25, 0.3) is 0 Å². The van der Waals surface area contributed by atoms with Gasteiger partial charge in [0.2, 0.25) is 5.91 Å². The minimum atomic E-state index is -0.365. The topological polar surface area (TPSA) is 102 Å². The van der Waals surface area contributed by atoms with Crippen LogP contribution in [0, 0.1) is 29.1 Å². The lowest BCUT2D eigenvalue weighted by atomic mass is 9.48. The van der Waals surface area contributed by atoms with E-state index in [1.807, 2.05) is 13.8 Å². The van der Waals surface area contributed by atoms with Crippen molar-refractivity contribution in [2.24, 2.45) is 34.8 Å². The summed E-state index contributed by atoms with van der Waals surface area (Å²) in [5.41, 5.74) is 5.36. The van der Waals surface area contributed by atoms with E-state index < -0.39 is 0 Å². The van der Waals surface area contributed by atoms with Crippen LogP contribution in [0.2, 0.25) is 0 Å². The molecule has 1 heterocycles. The van der Waals surface area contributed by atoms with Crippen molar-refractivity contribution in [3.05, 3.63) is 0 Å². The molecular weight excluding hydrogens is 374 g/mol. The number of amides is 3. The van der Waals surface area contributed by atoms with Crippen molar-refractivity contribution < 1.29 is 23.9 Å². The fourth-order valence-electron chi connectivity index (χ4n) is 6.25. The van der Waals surface area contributed by atoms with E-state index in [0.29, 0.717) is 25.6 Å². The average Bonchev–Trinajstić information content (AvgIpc) is 2.59. The molecule has 4 saturated carbocycles. The predicted octanol–water partition coefficient (Wildman–Crippen LogP) is 2.21. The second kappa shape index (κ2) is 7.36. The maximum Gasteiger partial charge on any atom is 0.410 e. The van der Waals surface area contributed by atoms with Crippen LogP contribution in [-0.2, 0) is 14.3 Å². The van der Waals surface area contributed by atoms with Crippen LogP contribution < -0.4 is 5.73 Å². The van der Waals surface area contributed by atoms with E-state index in [9.17, 15) is 14.4 Å². The Morgan fingerprint density at radius 2 is 1.76 bits per heavy atom. The minimum absolute atomic E-state index is 0.0886. The quantitative estimate of drug-likeness (QED) is 0.753. The second-order valence-electron chi connectivity index (χ2n) is 10.0. The normalized spacial score (nSPS) is 35.4. The Morgan fingerprint density at radius 1 is 1.14 bits per heavy atom. The first-order valence-corrected chi connectivity index (χ1v) is 10.8. The Hall–Kier alpha value is -1.99. The Morgan fingerprint density at radius 3 is 2.31 bits per heavy atom. The zero-order valence-electron chi connectivity index (χ0n) is 17.6. The molecule has 8 nitrogen and oxygen atoms in total. The number of likely N-dealkylation sites (tertiary alicyclic amines) is 1. The molecule has 0 spiro atoms. The summed E-state index contributed by atoms with van der Waals surface area (Å²) in [5.74, 6) is 1.12. The lowest BCUT2D eigenvalue weighted by Crippen LogP contribution is -2.60. The van der Waals surface area contributed by atoms with Gasteiger partial charge in [-0.1, -0.05) is 0 Å². The van der Waals surface area contributed by atoms with Gasteiger partial charge in [0, 0.05) is 32.6 Å². The summed E-state index contributed by atoms with van der Waals surface area (Å²) >= 11 is 0. The van der Waals surface area contributed by atoms with Crippen LogP contribution in [0.5, 0.6) is 0 Å². The van der Waals surface area contributed by atoms with Crippen LogP contribution in [-0.4, -0.2) is 66.8 Å². The van der Waals surface area contributed by atoms with Gasteiger partial charge in [-0.15, -0.1) is 0 Å². The highest BCUT2D eigenvalue weighted by molar-refractivity contribution is 5.81. The lowest BCUT2D eigenvalue weighted by molar-refractivity contribution is -0.162. The fourth-order valence-corrected chi connectivity index (χ4v) is 6.25. The van der Waals surface area contributed by atoms with Gasteiger partial charge in [0.05, 0.1) is 11.5 Å². The summed E-state index contributed by atoms with van der Waals surface area (Å²) in [6, 6.07) is 0. The SMILES string of the molecule is CC(C)OC(=O)N(C)CC1CN(C(=O)OC2C3CC4CC2CC(C(N)=O)(C4)C3)C1. The van der Waals surface area contributed by atoms with Gasteiger partial charge < -0.3 is 25.0 Å². The zero-order chi connectivity index (χ0) is 20.9. The highest BCUT2D eigenvalue weighted by Crippen LogP contribution is 2.60. The van der Waals surface area contributed by atoms with Gasteiger partial charge in [0.25, 0.3) is 0 Å². The van der Waals surface area contributed by atoms with Crippen LogP contribution in [0.1, 0.15) is 46.0 Å². The van der Waals surface area contributed by atoms with Crippen molar-refractivity contribution in [1.82, 2.24) is 9.80 Å². The van der Waals surface area contributed by atoms with E-state index in [4.69, 9.17) is 15.2 Å². The number of hydrogen-bond donors (Lipinski definition) is 1. The molecule has 1 saturated heterocycles. The third kappa shape index (κ3) is 3.78. The maximum atomic E-state index is 12.6. The zero-order valence-corrected chi connectivity index (χ0v) is 17.6. The number of nitrogens with two attached hydrogens (primary N) is 1. The molecule has 0 aromatic heterocycles. The molecule has 5 aliphatic rings. The third-order valence-electron chi connectivity index (χ3n) is 7.34. The molecule has 0 aromatic rings. The molecule has 3 amide bonds. The lowest BCUT2D eigenvalue weighted by Gasteiger charge is -2.58. The molecule has 4 aliphatic carbocycles. The van der Waals surface area contributed by atoms with Gasteiger partial charge in [-0.05, 0) is 63.7 Å². The molecule has 0 radical (unpaired) electrons. The van der Waals surface area contributed by atoms with Gasteiger partial charge in [-0.25, -0.2) is 9.59 Å². The molecule has 2 N–H and O–H groups in total. The van der Waals surface area contributed by atoms with E-state index >= 15 is 0 Å². The number of ether oxygens (including phenoxy) is 2. The molecule has 1 aliphatic heterocycles. The van der Waals surface area contributed by atoms with Crippen molar-refractivity contribution in [2.45, 2.75) is 58.2 Å². The van der Waals surface area contributed by atoms with Crippen molar-refractivity contribution in [3.63, 3.8) is 0 Å². The Balaban J connectivity index is 1.26. The van der Waals surface area contributed by atoms with E-state index in [2.05, 4.69) is 0 Å². The van der Waals surface area contributed by atoms with Crippen LogP contribution >= 0.6 is 0 Å². The number of primary amides is 1. The third-order valence-corrected chi connectivity index (χ3v) is 7.34. The highest BCUT2D eigenvalue weighted by Gasteiger charge is 2.59.